The molecule has 0 aromatic heterocycles. The number of hydrogen-bond acceptors (Lipinski definition) is 4. The van der Waals surface area contributed by atoms with E-state index >= 15 is 0 Å². The van der Waals surface area contributed by atoms with Gasteiger partial charge in [0.25, 0.3) is 0 Å². The third-order valence-corrected chi connectivity index (χ3v) is 5.02. The number of aliphatic hydroxyl groups excluding tert-OH is 1. The number of nitrogens with zero attached hydrogens (tertiary/aromatic N) is 1. The Balaban J connectivity index is 1.47. The van der Waals surface area contributed by atoms with Crippen LogP contribution in [0, 0.1) is 5.92 Å². The van der Waals surface area contributed by atoms with E-state index < -0.39 is 0 Å². The molecule has 2 fully saturated rings. The number of likely N-dealkylation sites (tertiary alicyclic amines) is 1. The fourth-order valence-corrected chi connectivity index (χ4v) is 3.58. The zero-order chi connectivity index (χ0) is 16.2. The molecule has 0 bridgehead atoms. The van der Waals surface area contributed by atoms with Gasteiger partial charge in [0.2, 0.25) is 5.91 Å². The SMILES string of the molecule is COc1ccc(CC2CCN(C(=O)C3CC(O)CN3)CC2)cc1. The number of nitrogens with one attached hydrogen (secondary N) is 1. The summed E-state index contributed by atoms with van der Waals surface area (Å²) in [4.78, 5) is 14.4. The van der Waals surface area contributed by atoms with Crippen LogP contribution in [0.15, 0.2) is 24.3 Å². The Bertz CT molecular complexity index is 524. The highest BCUT2D eigenvalue weighted by molar-refractivity contribution is 5.82. The topological polar surface area (TPSA) is 61.8 Å². The second kappa shape index (κ2) is 7.32. The van der Waals surface area contributed by atoms with Gasteiger partial charge in [-0.05, 0) is 49.3 Å². The molecule has 0 aliphatic carbocycles. The van der Waals surface area contributed by atoms with Crippen LogP contribution in [0.3, 0.4) is 0 Å². The molecule has 2 aliphatic rings. The maximum atomic E-state index is 12.4. The van der Waals surface area contributed by atoms with E-state index in [4.69, 9.17) is 4.74 Å². The van der Waals surface area contributed by atoms with E-state index in [-0.39, 0.29) is 18.1 Å². The molecule has 1 aromatic carbocycles. The quantitative estimate of drug-likeness (QED) is 0.876. The molecule has 2 aliphatic heterocycles. The van der Waals surface area contributed by atoms with E-state index in [1.165, 1.54) is 5.56 Å². The minimum absolute atomic E-state index is 0.157. The number of ether oxygens (including phenoxy) is 1. The largest absolute Gasteiger partial charge is 0.497 e. The molecule has 2 atom stereocenters. The van der Waals surface area contributed by atoms with E-state index in [1.54, 1.807) is 7.11 Å². The highest BCUT2D eigenvalue weighted by Crippen LogP contribution is 2.24. The lowest BCUT2D eigenvalue weighted by atomic mass is 9.90. The van der Waals surface area contributed by atoms with Crippen molar-refractivity contribution in [3.05, 3.63) is 29.8 Å². The number of aliphatic hydroxyl groups is 1. The van der Waals surface area contributed by atoms with Crippen LogP contribution < -0.4 is 10.1 Å². The van der Waals surface area contributed by atoms with Crippen molar-refractivity contribution in [2.45, 2.75) is 37.8 Å². The molecule has 0 saturated carbocycles. The number of amides is 1. The molecule has 2 heterocycles. The Labute approximate surface area is 137 Å². The van der Waals surface area contributed by atoms with Crippen LogP contribution in [0.5, 0.6) is 5.75 Å². The first-order valence-electron chi connectivity index (χ1n) is 8.49. The molecule has 1 aromatic rings. The van der Waals surface area contributed by atoms with Crippen LogP contribution in [-0.2, 0) is 11.2 Å². The van der Waals surface area contributed by atoms with Gasteiger partial charge in [0.15, 0.2) is 0 Å². The fourth-order valence-electron chi connectivity index (χ4n) is 3.58. The molecule has 2 saturated heterocycles. The van der Waals surface area contributed by atoms with Crippen LogP contribution in [0.25, 0.3) is 0 Å². The normalized spacial score (nSPS) is 25.6. The Hall–Kier alpha value is -1.59. The summed E-state index contributed by atoms with van der Waals surface area (Å²) in [6.45, 7) is 2.19. The lowest BCUT2D eigenvalue weighted by Crippen LogP contribution is -2.47. The minimum Gasteiger partial charge on any atom is -0.497 e. The van der Waals surface area contributed by atoms with Gasteiger partial charge >= 0.3 is 0 Å². The number of carbonyl (C=O) groups excluding carboxylic acids is 1. The monoisotopic (exact) mass is 318 g/mol. The number of rotatable bonds is 4. The summed E-state index contributed by atoms with van der Waals surface area (Å²) in [6, 6.07) is 8.07. The summed E-state index contributed by atoms with van der Waals surface area (Å²) in [5, 5.41) is 12.7. The molecule has 2 unspecified atom stereocenters. The molecule has 0 radical (unpaired) electrons. The molecule has 23 heavy (non-hydrogen) atoms. The van der Waals surface area contributed by atoms with Crippen molar-refractivity contribution in [2.75, 3.05) is 26.7 Å². The van der Waals surface area contributed by atoms with E-state index in [0.29, 0.717) is 18.9 Å². The van der Waals surface area contributed by atoms with Gasteiger partial charge in [-0.25, -0.2) is 0 Å². The lowest BCUT2D eigenvalue weighted by Gasteiger charge is -2.33. The van der Waals surface area contributed by atoms with Crippen LogP contribution >= 0.6 is 0 Å². The fraction of sp³-hybridized carbons (Fsp3) is 0.611. The first-order chi connectivity index (χ1) is 11.2. The molecule has 1 amide bonds. The number of hydrogen-bond donors (Lipinski definition) is 2. The van der Waals surface area contributed by atoms with Gasteiger partial charge in [0.05, 0.1) is 19.3 Å². The van der Waals surface area contributed by atoms with Gasteiger partial charge in [0.1, 0.15) is 5.75 Å². The van der Waals surface area contributed by atoms with Gasteiger partial charge in [-0.3, -0.25) is 4.79 Å². The van der Waals surface area contributed by atoms with Crippen LogP contribution in [0.1, 0.15) is 24.8 Å². The molecular formula is C18H26N2O3. The summed E-state index contributed by atoms with van der Waals surface area (Å²) in [6.07, 6.45) is 3.33. The molecule has 0 spiro atoms. The van der Waals surface area contributed by atoms with E-state index in [1.807, 2.05) is 17.0 Å². The number of benzene rings is 1. The van der Waals surface area contributed by atoms with Gasteiger partial charge < -0.3 is 20.1 Å². The molecule has 5 nitrogen and oxygen atoms in total. The van der Waals surface area contributed by atoms with Crippen molar-refractivity contribution in [3.63, 3.8) is 0 Å². The Morgan fingerprint density at radius 1 is 1.30 bits per heavy atom. The van der Waals surface area contributed by atoms with Gasteiger partial charge in [-0.2, -0.15) is 0 Å². The van der Waals surface area contributed by atoms with Crippen LogP contribution in [0.4, 0.5) is 0 Å². The molecule has 3 rings (SSSR count). The van der Waals surface area contributed by atoms with Crippen molar-refractivity contribution in [2.24, 2.45) is 5.92 Å². The predicted octanol–water partition coefficient (Wildman–Crippen LogP) is 1.20. The smallest absolute Gasteiger partial charge is 0.239 e. The first-order valence-corrected chi connectivity index (χ1v) is 8.49. The maximum absolute atomic E-state index is 12.4. The van der Waals surface area contributed by atoms with E-state index in [0.717, 1.165) is 38.1 Å². The van der Waals surface area contributed by atoms with Crippen molar-refractivity contribution >= 4 is 5.91 Å². The summed E-state index contributed by atoms with van der Waals surface area (Å²) < 4.78 is 5.19. The third kappa shape index (κ3) is 4.03. The van der Waals surface area contributed by atoms with Crippen molar-refractivity contribution in [1.29, 1.82) is 0 Å². The maximum Gasteiger partial charge on any atom is 0.239 e. The number of β-amino-alcohol motifs (C(OH)–C–C–N with tert-alkyl or cyclic N) is 1. The average Bonchev–Trinajstić information content (AvgIpc) is 3.02. The average molecular weight is 318 g/mol. The summed E-state index contributed by atoms with van der Waals surface area (Å²) in [7, 11) is 1.68. The Morgan fingerprint density at radius 2 is 2.00 bits per heavy atom. The standard InChI is InChI=1S/C18H26N2O3/c1-23-16-4-2-13(3-5-16)10-14-6-8-20(9-7-14)18(22)17-11-15(21)12-19-17/h2-5,14-15,17,19,21H,6-12H2,1H3. The van der Waals surface area contributed by atoms with E-state index in [2.05, 4.69) is 17.4 Å². The predicted molar refractivity (Wildman–Crippen MR) is 88.4 cm³/mol. The Kier molecular flexibility index (Phi) is 5.18. The van der Waals surface area contributed by atoms with Gasteiger partial charge in [-0.1, -0.05) is 12.1 Å². The highest BCUT2D eigenvalue weighted by Gasteiger charge is 2.32. The highest BCUT2D eigenvalue weighted by atomic mass is 16.5. The Morgan fingerprint density at radius 3 is 2.57 bits per heavy atom. The molecular weight excluding hydrogens is 292 g/mol. The number of piperidine rings is 1. The minimum atomic E-state index is -0.378. The lowest BCUT2D eigenvalue weighted by molar-refractivity contribution is -0.134. The van der Waals surface area contributed by atoms with Crippen molar-refractivity contribution < 1.29 is 14.6 Å². The molecule has 5 heteroatoms. The summed E-state index contributed by atoms with van der Waals surface area (Å²) in [5.74, 6) is 1.68. The zero-order valence-corrected chi connectivity index (χ0v) is 13.7. The third-order valence-electron chi connectivity index (χ3n) is 5.02. The van der Waals surface area contributed by atoms with E-state index in [9.17, 15) is 9.90 Å². The second-order valence-corrected chi connectivity index (χ2v) is 6.67. The van der Waals surface area contributed by atoms with Crippen molar-refractivity contribution in [3.8, 4) is 5.75 Å². The number of methoxy groups -OCH3 is 1. The summed E-state index contributed by atoms with van der Waals surface area (Å²) in [5.41, 5.74) is 1.33. The van der Waals surface area contributed by atoms with Crippen LogP contribution in [0.2, 0.25) is 0 Å². The molecule has 2 N–H and O–H groups in total. The number of carbonyl (C=O) groups is 1. The van der Waals surface area contributed by atoms with Crippen LogP contribution in [-0.4, -0.2) is 54.8 Å². The zero-order valence-electron chi connectivity index (χ0n) is 13.7. The summed E-state index contributed by atoms with van der Waals surface area (Å²) >= 11 is 0. The van der Waals surface area contributed by atoms with Gasteiger partial charge in [0, 0.05) is 19.6 Å². The van der Waals surface area contributed by atoms with Gasteiger partial charge in [-0.15, -0.1) is 0 Å². The van der Waals surface area contributed by atoms with Crippen molar-refractivity contribution in [1.82, 2.24) is 10.2 Å². The first kappa shape index (κ1) is 16.3. The second-order valence-electron chi connectivity index (χ2n) is 6.67. The molecule has 126 valence electrons.